The van der Waals surface area contributed by atoms with Gasteiger partial charge in [-0.15, -0.1) is 0 Å². The molecule has 0 saturated carbocycles. The second kappa shape index (κ2) is 6.43. The molecule has 2 rings (SSSR count). The van der Waals surface area contributed by atoms with Crippen molar-refractivity contribution in [3.63, 3.8) is 0 Å². The number of nitrogens with two attached hydrogens (primary N) is 1. The summed E-state index contributed by atoms with van der Waals surface area (Å²) in [5.41, 5.74) is 7.71. The highest BCUT2D eigenvalue weighted by atomic mass is 35.5. The van der Waals surface area contributed by atoms with Crippen molar-refractivity contribution in [3.8, 4) is 16.9 Å². The Kier molecular flexibility index (Phi) is 4.62. The van der Waals surface area contributed by atoms with Gasteiger partial charge in [0.05, 0.1) is 6.61 Å². The fourth-order valence-electron chi connectivity index (χ4n) is 1.66. The van der Waals surface area contributed by atoms with E-state index >= 15 is 0 Å². The van der Waals surface area contributed by atoms with Crippen LogP contribution in [0.15, 0.2) is 48.5 Å². The van der Waals surface area contributed by atoms with Crippen LogP contribution in [0.3, 0.4) is 0 Å². The predicted octanol–water partition coefficient (Wildman–Crippen LogP) is 3.73. The summed E-state index contributed by atoms with van der Waals surface area (Å²) < 4.78 is 5.56. The molecule has 0 aromatic heterocycles. The number of hydrogen-bond donors (Lipinski definition) is 1. The summed E-state index contributed by atoms with van der Waals surface area (Å²) in [6, 6.07) is 15.8. The fraction of sp³-hybridized carbons (Fsp3) is 0.200. The van der Waals surface area contributed by atoms with Crippen LogP contribution in [0.25, 0.3) is 11.1 Å². The molecular weight excluding hydrogens is 246 g/mol. The van der Waals surface area contributed by atoms with E-state index in [4.69, 9.17) is 22.1 Å². The summed E-state index contributed by atoms with van der Waals surface area (Å²) >= 11 is 5.87. The molecule has 0 aliphatic heterocycles. The lowest BCUT2D eigenvalue weighted by Gasteiger charge is -2.06. The van der Waals surface area contributed by atoms with Crippen LogP contribution in [-0.2, 0) is 0 Å². The van der Waals surface area contributed by atoms with Crippen LogP contribution in [0.1, 0.15) is 6.42 Å². The van der Waals surface area contributed by atoms with E-state index in [0.29, 0.717) is 13.2 Å². The molecule has 0 fully saturated rings. The summed E-state index contributed by atoms with van der Waals surface area (Å²) in [5, 5.41) is 0.750. The van der Waals surface area contributed by atoms with Crippen molar-refractivity contribution < 1.29 is 4.74 Å². The van der Waals surface area contributed by atoms with Crippen molar-refractivity contribution >= 4 is 11.6 Å². The van der Waals surface area contributed by atoms with Gasteiger partial charge in [-0.2, -0.15) is 0 Å². The van der Waals surface area contributed by atoms with Gasteiger partial charge in [0.2, 0.25) is 0 Å². The lowest BCUT2D eigenvalue weighted by atomic mass is 10.1. The largest absolute Gasteiger partial charge is 0.494 e. The molecule has 0 saturated heterocycles. The molecule has 3 heteroatoms. The number of rotatable bonds is 5. The van der Waals surface area contributed by atoms with Gasteiger partial charge in [-0.25, -0.2) is 0 Å². The molecule has 0 unspecified atom stereocenters. The molecule has 18 heavy (non-hydrogen) atoms. The van der Waals surface area contributed by atoms with Gasteiger partial charge in [0.15, 0.2) is 0 Å². The average Bonchev–Trinajstić information content (AvgIpc) is 2.41. The summed E-state index contributed by atoms with van der Waals surface area (Å²) in [7, 11) is 0. The quantitative estimate of drug-likeness (QED) is 0.833. The van der Waals surface area contributed by atoms with E-state index in [9.17, 15) is 0 Å². The van der Waals surface area contributed by atoms with Gasteiger partial charge in [-0.05, 0) is 48.4 Å². The van der Waals surface area contributed by atoms with E-state index in [1.165, 1.54) is 0 Å². The van der Waals surface area contributed by atoms with Crippen molar-refractivity contribution in [3.05, 3.63) is 53.6 Å². The Hall–Kier alpha value is -1.51. The second-order valence-corrected chi connectivity index (χ2v) is 4.46. The van der Waals surface area contributed by atoms with E-state index < -0.39 is 0 Å². The molecule has 0 spiro atoms. The molecule has 0 aliphatic carbocycles. The van der Waals surface area contributed by atoms with Gasteiger partial charge in [-0.1, -0.05) is 35.9 Å². The Morgan fingerprint density at radius 2 is 1.44 bits per heavy atom. The summed E-state index contributed by atoms with van der Waals surface area (Å²) in [5.74, 6) is 0.876. The molecule has 2 aromatic rings. The number of benzene rings is 2. The van der Waals surface area contributed by atoms with Gasteiger partial charge in [0.1, 0.15) is 5.75 Å². The second-order valence-electron chi connectivity index (χ2n) is 4.02. The first-order chi connectivity index (χ1) is 8.79. The highest BCUT2D eigenvalue weighted by Crippen LogP contribution is 2.23. The average molecular weight is 262 g/mol. The SMILES string of the molecule is NCCCOc1ccc(-c2ccc(Cl)cc2)cc1. The Bertz CT molecular complexity index is 479. The molecule has 0 bridgehead atoms. The summed E-state index contributed by atoms with van der Waals surface area (Å²) in [6.07, 6.45) is 0.874. The smallest absolute Gasteiger partial charge is 0.119 e. The van der Waals surface area contributed by atoms with E-state index in [1.54, 1.807) is 0 Å². The first-order valence-corrected chi connectivity index (χ1v) is 6.36. The number of halogens is 1. The molecule has 0 aliphatic rings. The van der Waals surface area contributed by atoms with Crippen LogP contribution in [0.2, 0.25) is 5.02 Å². The first-order valence-electron chi connectivity index (χ1n) is 5.98. The maximum atomic E-state index is 5.87. The Labute approximate surface area is 112 Å². The van der Waals surface area contributed by atoms with E-state index in [-0.39, 0.29) is 0 Å². The molecule has 2 aromatic carbocycles. The van der Waals surface area contributed by atoms with Crippen LogP contribution < -0.4 is 10.5 Å². The molecular formula is C15H16ClNO. The number of ether oxygens (including phenoxy) is 1. The minimum absolute atomic E-state index is 0.656. The molecule has 2 nitrogen and oxygen atoms in total. The van der Waals surface area contributed by atoms with Crippen molar-refractivity contribution in [2.75, 3.05) is 13.2 Å². The Morgan fingerprint density at radius 3 is 2.00 bits per heavy atom. The van der Waals surface area contributed by atoms with Crippen molar-refractivity contribution in [1.29, 1.82) is 0 Å². The molecule has 0 radical (unpaired) electrons. The zero-order valence-corrected chi connectivity index (χ0v) is 10.9. The maximum Gasteiger partial charge on any atom is 0.119 e. The predicted molar refractivity (Wildman–Crippen MR) is 76.1 cm³/mol. The van der Waals surface area contributed by atoms with Crippen molar-refractivity contribution in [1.82, 2.24) is 0 Å². The van der Waals surface area contributed by atoms with Gasteiger partial charge in [-0.3, -0.25) is 0 Å². The third kappa shape index (κ3) is 3.49. The zero-order chi connectivity index (χ0) is 12.8. The normalized spacial score (nSPS) is 10.3. The third-order valence-electron chi connectivity index (χ3n) is 2.65. The lowest BCUT2D eigenvalue weighted by Crippen LogP contribution is -2.05. The molecule has 0 atom stereocenters. The van der Waals surface area contributed by atoms with Crippen molar-refractivity contribution in [2.45, 2.75) is 6.42 Å². The molecule has 0 amide bonds. The Morgan fingerprint density at radius 1 is 0.889 bits per heavy atom. The van der Waals surface area contributed by atoms with Crippen LogP contribution in [-0.4, -0.2) is 13.2 Å². The van der Waals surface area contributed by atoms with Gasteiger partial charge < -0.3 is 10.5 Å². The van der Waals surface area contributed by atoms with Crippen molar-refractivity contribution in [2.24, 2.45) is 5.73 Å². The summed E-state index contributed by atoms with van der Waals surface area (Å²) in [6.45, 7) is 1.32. The standard InChI is InChI=1S/C15H16ClNO/c16-14-6-2-12(3-7-14)13-4-8-15(9-5-13)18-11-1-10-17/h2-9H,1,10-11,17H2. The van der Waals surface area contributed by atoms with Gasteiger partial charge >= 0.3 is 0 Å². The van der Waals surface area contributed by atoms with Crippen LogP contribution in [0.4, 0.5) is 0 Å². The fourth-order valence-corrected chi connectivity index (χ4v) is 1.79. The zero-order valence-electron chi connectivity index (χ0n) is 10.1. The third-order valence-corrected chi connectivity index (χ3v) is 2.90. The monoisotopic (exact) mass is 261 g/mol. The topological polar surface area (TPSA) is 35.2 Å². The first kappa shape index (κ1) is 12.9. The van der Waals surface area contributed by atoms with Crippen LogP contribution >= 0.6 is 11.6 Å². The maximum absolute atomic E-state index is 5.87. The van der Waals surface area contributed by atoms with E-state index in [0.717, 1.165) is 28.3 Å². The van der Waals surface area contributed by atoms with Crippen LogP contribution in [0, 0.1) is 0 Å². The molecule has 2 N–H and O–H groups in total. The van der Waals surface area contributed by atoms with Crippen LogP contribution in [0.5, 0.6) is 5.75 Å². The van der Waals surface area contributed by atoms with E-state index in [2.05, 4.69) is 0 Å². The highest BCUT2D eigenvalue weighted by molar-refractivity contribution is 6.30. The van der Waals surface area contributed by atoms with Gasteiger partial charge in [0, 0.05) is 5.02 Å². The van der Waals surface area contributed by atoms with E-state index in [1.807, 2.05) is 48.5 Å². The number of hydrogen-bond acceptors (Lipinski definition) is 2. The lowest BCUT2D eigenvalue weighted by molar-refractivity contribution is 0.313. The molecule has 0 heterocycles. The molecule has 94 valence electrons. The van der Waals surface area contributed by atoms with Gasteiger partial charge in [0.25, 0.3) is 0 Å². The summed E-state index contributed by atoms with van der Waals surface area (Å²) in [4.78, 5) is 0. The minimum Gasteiger partial charge on any atom is -0.494 e. The Balaban J connectivity index is 2.05. The minimum atomic E-state index is 0.656. The highest BCUT2D eigenvalue weighted by Gasteiger charge is 1.98.